The number of carbonyl (C=O) groups excluding carboxylic acids is 3. The molecule has 0 saturated heterocycles. The predicted octanol–water partition coefficient (Wildman–Crippen LogP) is 20.8. The zero-order valence-corrected chi connectivity index (χ0v) is 54.6. The summed E-state index contributed by atoms with van der Waals surface area (Å²) in [5.74, 6) is 0.0897. The third kappa shape index (κ3) is 53.9. The van der Waals surface area contributed by atoms with Crippen LogP contribution in [0.3, 0.4) is 0 Å². The number of hydrogen-bond acceptors (Lipinski definition) is 8. The van der Waals surface area contributed by atoms with E-state index in [1.54, 1.807) is 0 Å². The number of hydrogen-bond donors (Lipinski definition) is 0. The summed E-state index contributed by atoms with van der Waals surface area (Å²) in [6, 6.07) is 0. The molecule has 0 aromatic heterocycles. The summed E-state index contributed by atoms with van der Waals surface area (Å²) in [6.45, 7) is 13.3. The number of rotatable bonds is 63. The molecular formula is C70H139N3O6. The SMILES string of the molecule is CCCCCCCCCCCCC(CCCCCCCCCC)C(=O)OCCCCCC(CCCCCOC(=O)C(CCCCCCCCCC)CCCCCCCCCCCC)OC(=O)N(CCCN(C)C)CCCN(C)C. The first-order valence-corrected chi connectivity index (χ1v) is 35.2. The topological polar surface area (TPSA) is 88.6 Å². The van der Waals surface area contributed by atoms with Gasteiger partial charge < -0.3 is 28.9 Å². The Hall–Kier alpha value is -1.87. The van der Waals surface area contributed by atoms with Crippen LogP contribution in [0.15, 0.2) is 0 Å². The van der Waals surface area contributed by atoms with E-state index in [-0.39, 0.29) is 36.0 Å². The van der Waals surface area contributed by atoms with Crippen molar-refractivity contribution >= 4 is 18.0 Å². The lowest BCUT2D eigenvalue weighted by molar-refractivity contribution is -0.150. The molecule has 0 spiro atoms. The number of nitrogens with zero attached hydrogens (tertiary/aromatic N) is 3. The van der Waals surface area contributed by atoms with Gasteiger partial charge in [0.25, 0.3) is 0 Å². The number of ether oxygens (including phenoxy) is 3. The van der Waals surface area contributed by atoms with Gasteiger partial charge in [0.2, 0.25) is 0 Å². The van der Waals surface area contributed by atoms with Crippen molar-refractivity contribution in [3.63, 3.8) is 0 Å². The quantitative estimate of drug-likeness (QED) is 0.0338. The number of unbranched alkanes of at least 4 members (excludes halogenated alkanes) is 36. The molecule has 0 bridgehead atoms. The van der Waals surface area contributed by atoms with Crippen molar-refractivity contribution in [2.45, 2.75) is 355 Å². The van der Waals surface area contributed by atoms with Crippen LogP contribution in [0, 0.1) is 11.8 Å². The standard InChI is InChI=1S/C70H139N3O6/c1-9-13-17-21-25-29-31-35-39-45-55-65(53-43-37-33-27-23-19-15-11-3)68(74)77-63-49-41-47-57-67(79-70(76)73(61-51-59-71(5)6)62-52-60-72(7)8)58-48-42-50-64-78-69(75)66(54-44-38-34-28-24-20-16-12-4)56-46-40-36-32-30-26-22-18-14-10-2/h65-67H,9-64H2,1-8H3. The van der Waals surface area contributed by atoms with Crippen LogP contribution in [0.5, 0.6) is 0 Å². The Labute approximate surface area is 493 Å². The van der Waals surface area contributed by atoms with Gasteiger partial charge in [0.05, 0.1) is 25.0 Å². The van der Waals surface area contributed by atoms with E-state index in [0.29, 0.717) is 26.3 Å². The van der Waals surface area contributed by atoms with Gasteiger partial charge in [0.15, 0.2) is 0 Å². The molecule has 0 heterocycles. The monoisotopic (exact) mass is 1120 g/mol. The summed E-state index contributed by atoms with van der Waals surface area (Å²) >= 11 is 0. The maximum absolute atomic E-state index is 13.9. The van der Waals surface area contributed by atoms with E-state index in [1.807, 2.05) is 4.90 Å². The lowest BCUT2D eigenvalue weighted by Crippen LogP contribution is -2.37. The Morgan fingerprint density at radius 3 is 0.797 bits per heavy atom. The molecule has 0 aliphatic carbocycles. The van der Waals surface area contributed by atoms with Gasteiger partial charge in [-0.1, -0.05) is 259 Å². The van der Waals surface area contributed by atoms with Gasteiger partial charge >= 0.3 is 18.0 Å². The van der Waals surface area contributed by atoms with Crippen molar-refractivity contribution in [3.05, 3.63) is 0 Å². The zero-order chi connectivity index (χ0) is 57.9. The normalized spacial score (nSPS) is 12.8. The first-order chi connectivity index (χ1) is 38.6. The van der Waals surface area contributed by atoms with E-state index in [0.717, 1.165) is 129 Å². The molecule has 0 fully saturated rings. The second-order valence-electron chi connectivity index (χ2n) is 25.2. The zero-order valence-electron chi connectivity index (χ0n) is 54.6. The molecule has 0 aromatic rings. The molecule has 79 heavy (non-hydrogen) atoms. The molecule has 0 saturated carbocycles. The van der Waals surface area contributed by atoms with Gasteiger partial charge in [-0.15, -0.1) is 0 Å². The molecule has 0 aliphatic rings. The summed E-state index contributed by atoms with van der Waals surface area (Å²) in [4.78, 5) is 47.3. The molecular weight excluding hydrogens is 979 g/mol. The minimum atomic E-state index is -0.194. The summed E-state index contributed by atoms with van der Waals surface area (Å²) in [7, 11) is 8.33. The van der Waals surface area contributed by atoms with Gasteiger partial charge in [0, 0.05) is 13.1 Å². The van der Waals surface area contributed by atoms with E-state index >= 15 is 0 Å². The van der Waals surface area contributed by atoms with Gasteiger partial charge in [-0.05, 0) is 131 Å². The average molecular weight is 1120 g/mol. The molecule has 0 aromatic carbocycles. The van der Waals surface area contributed by atoms with Crippen LogP contribution in [0.2, 0.25) is 0 Å². The highest BCUT2D eigenvalue weighted by Gasteiger charge is 2.23. The van der Waals surface area contributed by atoms with Crippen LogP contribution in [0.25, 0.3) is 0 Å². The fourth-order valence-corrected chi connectivity index (χ4v) is 11.4. The van der Waals surface area contributed by atoms with E-state index in [1.165, 1.54) is 205 Å². The molecule has 0 radical (unpaired) electrons. The largest absolute Gasteiger partial charge is 0.465 e. The third-order valence-electron chi connectivity index (χ3n) is 16.7. The van der Waals surface area contributed by atoms with Crippen molar-refractivity contribution < 1.29 is 28.6 Å². The highest BCUT2D eigenvalue weighted by Crippen LogP contribution is 2.25. The minimum absolute atomic E-state index is 0.0214. The summed E-state index contributed by atoms with van der Waals surface area (Å²) < 4.78 is 18.5. The molecule has 1 amide bonds. The number of amides is 1. The first-order valence-electron chi connectivity index (χ1n) is 35.2. The molecule has 9 nitrogen and oxygen atoms in total. The minimum Gasteiger partial charge on any atom is -0.465 e. The maximum Gasteiger partial charge on any atom is 0.410 e. The Morgan fingerprint density at radius 1 is 0.291 bits per heavy atom. The summed E-state index contributed by atoms with van der Waals surface area (Å²) in [5, 5.41) is 0. The van der Waals surface area contributed by atoms with E-state index < -0.39 is 0 Å². The molecule has 0 N–H and O–H groups in total. The Morgan fingerprint density at radius 2 is 0.532 bits per heavy atom. The summed E-state index contributed by atoms with van der Waals surface area (Å²) in [6.07, 6.45) is 59.0. The van der Waals surface area contributed by atoms with Crippen molar-refractivity contribution in [2.24, 2.45) is 11.8 Å². The summed E-state index contributed by atoms with van der Waals surface area (Å²) in [5.41, 5.74) is 0. The first kappa shape index (κ1) is 77.1. The van der Waals surface area contributed by atoms with Gasteiger partial charge in [-0.3, -0.25) is 9.59 Å². The Bertz CT molecular complexity index is 1190. The highest BCUT2D eigenvalue weighted by atomic mass is 16.6. The molecule has 0 aliphatic heterocycles. The molecule has 2 unspecified atom stereocenters. The maximum atomic E-state index is 13.9. The van der Waals surface area contributed by atoms with Crippen LogP contribution in [0.1, 0.15) is 349 Å². The highest BCUT2D eigenvalue weighted by molar-refractivity contribution is 5.72. The van der Waals surface area contributed by atoms with Gasteiger partial charge in [-0.25, -0.2) is 4.79 Å². The second-order valence-corrected chi connectivity index (χ2v) is 25.2. The van der Waals surface area contributed by atoms with E-state index in [4.69, 9.17) is 14.2 Å². The van der Waals surface area contributed by atoms with Crippen molar-refractivity contribution in [1.29, 1.82) is 0 Å². The molecule has 2 atom stereocenters. The van der Waals surface area contributed by atoms with Crippen molar-refractivity contribution in [1.82, 2.24) is 14.7 Å². The van der Waals surface area contributed by atoms with Gasteiger partial charge in [0.1, 0.15) is 6.10 Å². The van der Waals surface area contributed by atoms with Crippen LogP contribution < -0.4 is 0 Å². The van der Waals surface area contributed by atoms with Crippen molar-refractivity contribution in [3.8, 4) is 0 Å². The van der Waals surface area contributed by atoms with Crippen LogP contribution >= 0.6 is 0 Å². The number of esters is 2. The molecule has 9 heteroatoms. The third-order valence-corrected chi connectivity index (χ3v) is 16.7. The predicted molar refractivity (Wildman–Crippen MR) is 341 cm³/mol. The fourth-order valence-electron chi connectivity index (χ4n) is 11.4. The Kier molecular flexibility index (Phi) is 59.3. The fraction of sp³-hybridized carbons (Fsp3) is 0.957. The average Bonchev–Trinajstić information content (AvgIpc) is 3.43. The van der Waals surface area contributed by atoms with E-state index in [2.05, 4.69) is 65.7 Å². The Balaban J connectivity index is 5.43. The lowest BCUT2D eigenvalue weighted by atomic mass is 9.94. The van der Waals surface area contributed by atoms with Gasteiger partial charge in [-0.2, -0.15) is 0 Å². The number of carbonyl (C=O) groups is 3. The second kappa shape index (κ2) is 60.7. The van der Waals surface area contributed by atoms with Crippen molar-refractivity contribution in [2.75, 3.05) is 67.6 Å². The molecule has 470 valence electrons. The molecule has 0 rings (SSSR count). The van der Waals surface area contributed by atoms with Crippen LogP contribution in [-0.4, -0.2) is 106 Å². The lowest BCUT2D eigenvalue weighted by Gasteiger charge is -2.27. The van der Waals surface area contributed by atoms with Crippen LogP contribution in [-0.2, 0) is 23.8 Å². The van der Waals surface area contributed by atoms with Crippen LogP contribution in [0.4, 0.5) is 4.79 Å². The smallest absolute Gasteiger partial charge is 0.410 e. The van der Waals surface area contributed by atoms with E-state index in [9.17, 15) is 14.4 Å².